The van der Waals surface area contributed by atoms with E-state index in [9.17, 15) is 0 Å². The molecule has 1 heterocycles. The molecule has 0 spiro atoms. The van der Waals surface area contributed by atoms with Gasteiger partial charge in [-0.1, -0.05) is 26.0 Å². The van der Waals surface area contributed by atoms with Crippen molar-refractivity contribution in [1.29, 1.82) is 0 Å². The van der Waals surface area contributed by atoms with Crippen LogP contribution in [-0.2, 0) is 6.54 Å². The highest BCUT2D eigenvalue weighted by atomic mass is 15.1. The third-order valence-electron chi connectivity index (χ3n) is 3.68. The molecular weight excluding hydrogens is 220 g/mol. The van der Waals surface area contributed by atoms with Gasteiger partial charge in [0.1, 0.15) is 0 Å². The lowest BCUT2D eigenvalue weighted by atomic mass is 10.00. The molecule has 1 aliphatic heterocycles. The molecule has 0 bridgehead atoms. The van der Waals surface area contributed by atoms with Crippen molar-refractivity contribution >= 4 is 5.69 Å². The van der Waals surface area contributed by atoms with Crippen LogP contribution < -0.4 is 5.32 Å². The van der Waals surface area contributed by atoms with Gasteiger partial charge in [-0.05, 0) is 49.4 Å². The number of likely N-dealkylation sites (tertiary alicyclic amines) is 1. The Labute approximate surface area is 111 Å². The van der Waals surface area contributed by atoms with Crippen molar-refractivity contribution in [1.82, 2.24) is 4.90 Å². The molecule has 0 radical (unpaired) electrons. The predicted molar refractivity (Wildman–Crippen MR) is 78.9 cm³/mol. The van der Waals surface area contributed by atoms with Crippen molar-refractivity contribution in [2.75, 3.05) is 25.0 Å². The Balaban J connectivity index is 1.85. The van der Waals surface area contributed by atoms with Crippen LogP contribution in [-0.4, -0.2) is 24.5 Å². The van der Waals surface area contributed by atoms with Crippen LogP contribution in [0, 0.1) is 5.92 Å². The lowest BCUT2D eigenvalue weighted by Crippen LogP contribution is -2.33. The highest BCUT2D eigenvalue weighted by Crippen LogP contribution is 2.18. The summed E-state index contributed by atoms with van der Waals surface area (Å²) in [6.45, 7) is 9.25. The molecule has 1 saturated heterocycles. The van der Waals surface area contributed by atoms with Gasteiger partial charge in [-0.25, -0.2) is 0 Å². The number of benzene rings is 1. The number of nitrogens with zero attached hydrogens (tertiary/aromatic N) is 1. The van der Waals surface area contributed by atoms with Crippen LogP contribution in [0.3, 0.4) is 0 Å². The first-order chi connectivity index (χ1) is 8.78. The number of rotatable bonds is 5. The maximum atomic E-state index is 3.42. The zero-order valence-electron chi connectivity index (χ0n) is 11.8. The third-order valence-corrected chi connectivity index (χ3v) is 3.68. The monoisotopic (exact) mass is 246 g/mol. The summed E-state index contributed by atoms with van der Waals surface area (Å²) < 4.78 is 0. The van der Waals surface area contributed by atoms with E-state index in [0.29, 0.717) is 0 Å². The van der Waals surface area contributed by atoms with E-state index in [0.717, 1.165) is 19.0 Å². The molecule has 0 amide bonds. The second kappa shape index (κ2) is 6.79. The fraction of sp³-hybridized carbons (Fsp3) is 0.625. The molecule has 1 unspecified atom stereocenters. The number of anilines is 1. The minimum Gasteiger partial charge on any atom is -0.385 e. The van der Waals surface area contributed by atoms with Crippen molar-refractivity contribution < 1.29 is 0 Å². The quantitative estimate of drug-likeness (QED) is 0.851. The Kier molecular flexibility index (Phi) is 5.06. The summed E-state index contributed by atoms with van der Waals surface area (Å²) in [5.74, 6) is 0.865. The van der Waals surface area contributed by atoms with Gasteiger partial charge in [0.15, 0.2) is 0 Å². The van der Waals surface area contributed by atoms with Gasteiger partial charge in [-0.2, -0.15) is 0 Å². The van der Waals surface area contributed by atoms with Crippen LogP contribution in [0.25, 0.3) is 0 Å². The summed E-state index contributed by atoms with van der Waals surface area (Å²) in [5.41, 5.74) is 2.68. The summed E-state index contributed by atoms with van der Waals surface area (Å²) in [7, 11) is 0. The van der Waals surface area contributed by atoms with Crippen molar-refractivity contribution in [2.45, 2.75) is 39.7 Å². The summed E-state index contributed by atoms with van der Waals surface area (Å²) >= 11 is 0. The Bertz CT molecular complexity index is 345. The Morgan fingerprint density at radius 1 is 1.28 bits per heavy atom. The van der Waals surface area contributed by atoms with Crippen molar-refractivity contribution in [3.05, 3.63) is 29.8 Å². The number of hydrogen-bond donors (Lipinski definition) is 1. The minimum atomic E-state index is 0.865. The SMILES string of the molecule is CCCNc1ccc(CN2CCCC(C)C2)cc1. The molecule has 2 rings (SSSR count). The first-order valence-electron chi connectivity index (χ1n) is 7.33. The van der Waals surface area contributed by atoms with Gasteiger partial charge in [-0.15, -0.1) is 0 Å². The number of nitrogens with one attached hydrogen (secondary N) is 1. The van der Waals surface area contributed by atoms with E-state index in [-0.39, 0.29) is 0 Å². The average Bonchev–Trinajstić information content (AvgIpc) is 2.38. The maximum absolute atomic E-state index is 3.42. The Morgan fingerprint density at radius 2 is 2.06 bits per heavy atom. The Morgan fingerprint density at radius 3 is 2.72 bits per heavy atom. The van der Waals surface area contributed by atoms with E-state index in [4.69, 9.17) is 0 Å². The van der Waals surface area contributed by atoms with Crippen LogP contribution in [0.4, 0.5) is 5.69 Å². The third kappa shape index (κ3) is 4.02. The second-order valence-corrected chi connectivity index (χ2v) is 5.61. The molecule has 1 atom stereocenters. The lowest BCUT2D eigenvalue weighted by molar-refractivity contribution is 0.176. The molecule has 1 aliphatic rings. The number of piperidine rings is 1. The lowest BCUT2D eigenvalue weighted by Gasteiger charge is -2.30. The molecular formula is C16H26N2. The largest absolute Gasteiger partial charge is 0.385 e. The topological polar surface area (TPSA) is 15.3 Å². The number of hydrogen-bond acceptors (Lipinski definition) is 2. The maximum Gasteiger partial charge on any atom is 0.0340 e. The first kappa shape index (κ1) is 13.4. The van der Waals surface area contributed by atoms with Crippen LogP contribution in [0.5, 0.6) is 0 Å². The van der Waals surface area contributed by atoms with Crippen LogP contribution in [0.2, 0.25) is 0 Å². The van der Waals surface area contributed by atoms with Gasteiger partial charge >= 0.3 is 0 Å². The summed E-state index contributed by atoms with van der Waals surface area (Å²) in [4.78, 5) is 2.59. The molecule has 0 aromatic heterocycles. The standard InChI is InChI=1S/C16H26N2/c1-3-10-17-16-8-6-15(7-9-16)13-18-11-4-5-14(2)12-18/h6-9,14,17H,3-5,10-13H2,1-2H3. The molecule has 1 fully saturated rings. The second-order valence-electron chi connectivity index (χ2n) is 5.61. The van der Waals surface area contributed by atoms with Gasteiger partial charge in [0.05, 0.1) is 0 Å². The first-order valence-corrected chi connectivity index (χ1v) is 7.33. The fourth-order valence-electron chi connectivity index (χ4n) is 2.69. The zero-order valence-corrected chi connectivity index (χ0v) is 11.8. The van der Waals surface area contributed by atoms with Gasteiger partial charge in [0.25, 0.3) is 0 Å². The molecule has 2 heteroatoms. The zero-order chi connectivity index (χ0) is 12.8. The van der Waals surface area contributed by atoms with E-state index >= 15 is 0 Å². The van der Waals surface area contributed by atoms with E-state index in [2.05, 4.69) is 48.3 Å². The van der Waals surface area contributed by atoms with Crippen LogP contribution >= 0.6 is 0 Å². The van der Waals surface area contributed by atoms with Gasteiger partial charge in [-0.3, -0.25) is 4.90 Å². The molecule has 2 nitrogen and oxygen atoms in total. The smallest absolute Gasteiger partial charge is 0.0340 e. The van der Waals surface area contributed by atoms with Gasteiger partial charge < -0.3 is 5.32 Å². The van der Waals surface area contributed by atoms with Crippen molar-refractivity contribution in [3.8, 4) is 0 Å². The summed E-state index contributed by atoms with van der Waals surface area (Å²) in [6.07, 6.45) is 3.93. The van der Waals surface area contributed by atoms with Gasteiger partial charge in [0.2, 0.25) is 0 Å². The van der Waals surface area contributed by atoms with Gasteiger partial charge in [0, 0.05) is 25.3 Å². The van der Waals surface area contributed by atoms with E-state index in [1.54, 1.807) is 0 Å². The van der Waals surface area contributed by atoms with E-state index in [1.165, 1.54) is 43.6 Å². The normalized spacial score (nSPS) is 20.9. The molecule has 0 saturated carbocycles. The summed E-state index contributed by atoms with van der Waals surface area (Å²) in [5, 5.41) is 3.42. The van der Waals surface area contributed by atoms with Crippen molar-refractivity contribution in [3.63, 3.8) is 0 Å². The van der Waals surface area contributed by atoms with Crippen LogP contribution in [0.15, 0.2) is 24.3 Å². The highest BCUT2D eigenvalue weighted by molar-refractivity contribution is 5.44. The highest BCUT2D eigenvalue weighted by Gasteiger charge is 2.15. The average molecular weight is 246 g/mol. The molecule has 18 heavy (non-hydrogen) atoms. The Hall–Kier alpha value is -1.02. The molecule has 100 valence electrons. The van der Waals surface area contributed by atoms with E-state index in [1.807, 2.05) is 0 Å². The molecule has 1 aromatic carbocycles. The van der Waals surface area contributed by atoms with E-state index < -0.39 is 0 Å². The predicted octanol–water partition coefficient (Wildman–Crippen LogP) is 3.74. The summed E-state index contributed by atoms with van der Waals surface area (Å²) in [6, 6.07) is 8.94. The molecule has 1 N–H and O–H groups in total. The van der Waals surface area contributed by atoms with Crippen LogP contribution in [0.1, 0.15) is 38.7 Å². The molecule has 1 aromatic rings. The minimum absolute atomic E-state index is 0.865. The van der Waals surface area contributed by atoms with Crippen molar-refractivity contribution in [2.24, 2.45) is 5.92 Å². The molecule has 0 aliphatic carbocycles. The fourth-order valence-corrected chi connectivity index (χ4v) is 2.69.